The highest BCUT2D eigenvalue weighted by Crippen LogP contribution is 2.49. The van der Waals surface area contributed by atoms with Crippen LogP contribution in [0.5, 0.6) is 0 Å². The lowest BCUT2D eigenvalue weighted by Gasteiger charge is -2.23. The molecule has 2 heteroatoms. The molecule has 0 radical (unpaired) electrons. The Morgan fingerprint density at radius 1 is 1.00 bits per heavy atom. The van der Waals surface area contributed by atoms with Gasteiger partial charge in [-0.1, -0.05) is 54.6 Å². The molecule has 1 nitrogen and oxygen atoms in total. The number of benzene rings is 2. The third-order valence-electron chi connectivity index (χ3n) is 3.43. The predicted octanol–water partition coefficient (Wildman–Crippen LogP) is 4.51. The molecule has 19 heavy (non-hydrogen) atoms. The summed E-state index contributed by atoms with van der Waals surface area (Å²) in [5.74, 6) is 0.249. The van der Waals surface area contributed by atoms with Crippen molar-refractivity contribution in [2.45, 2.75) is 12.2 Å². The molecule has 0 spiro atoms. The Morgan fingerprint density at radius 3 is 2.42 bits per heavy atom. The smallest absolute Gasteiger partial charge is 0.146 e. The number of rotatable bonds is 3. The third kappa shape index (κ3) is 2.24. The van der Waals surface area contributed by atoms with Crippen LogP contribution in [0.25, 0.3) is 10.8 Å². The van der Waals surface area contributed by atoms with Gasteiger partial charge in [0.15, 0.2) is 0 Å². The zero-order valence-electron chi connectivity index (χ0n) is 10.8. The minimum absolute atomic E-state index is 0.0175. The first-order valence-electron chi connectivity index (χ1n) is 6.38. The van der Waals surface area contributed by atoms with E-state index in [1.807, 2.05) is 30.4 Å². The fourth-order valence-electron chi connectivity index (χ4n) is 2.60. The molecular weight excluding hydrogens is 252 g/mol. The molecule has 96 valence electrons. The van der Waals surface area contributed by atoms with Crippen molar-refractivity contribution in [2.24, 2.45) is 0 Å². The van der Waals surface area contributed by atoms with Crippen LogP contribution in [0.4, 0.5) is 0 Å². The zero-order valence-corrected chi connectivity index (χ0v) is 11.7. The Kier molecular flexibility index (Phi) is 3.26. The van der Waals surface area contributed by atoms with Crippen LogP contribution in [0.15, 0.2) is 65.4 Å². The average Bonchev–Trinajstić information content (AvgIpc) is 2.93. The summed E-state index contributed by atoms with van der Waals surface area (Å²) in [6.07, 6.45) is 4.10. The minimum atomic E-state index is -0.508. The molecule has 1 heterocycles. The summed E-state index contributed by atoms with van der Waals surface area (Å²) in [4.78, 5) is 12.1. The Balaban J connectivity index is 2.17. The summed E-state index contributed by atoms with van der Waals surface area (Å²) in [5, 5.41) is 6.72. The Hall–Kier alpha value is -1.80. The first-order valence-corrected chi connectivity index (χ1v) is 7.93. The van der Waals surface area contributed by atoms with E-state index in [9.17, 15) is 4.79 Å². The van der Waals surface area contributed by atoms with Crippen molar-refractivity contribution < 1.29 is 4.79 Å². The van der Waals surface area contributed by atoms with Crippen molar-refractivity contribution in [2.75, 3.05) is 0 Å². The van der Waals surface area contributed by atoms with Crippen molar-refractivity contribution in [3.05, 3.63) is 71.0 Å². The maximum absolute atomic E-state index is 12.1. The summed E-state index contributed by atoms with van der Waals surface area (Å²) in [6.45, 7) is 1.70. The van der Waals surface area contributed by atoms with Gasteiger partial charge in [-0.15, -0.1) is 0 Å². The number of thiol groups is 1. The van der Waals surface area contributed by atoms with Crippen LogP contribution in [0.2, 0.25) is 0 Å². The lowest BCUT2D eigenvalue weighted by molar-refractivity contribution is -0.116. The molecule has 1 aliphatic rings. The van der Waals surface area contributed by atoms with Crippen LogP contribution >= 0.6 is 10.9 Å². The van der Waals surface area contributed by atoms with Crippen LogP contribution in [0.3, 0.4) is 0 Å². The SMILES string of the molecule is CC(=O)C(c1cccc2ccccc12)[SH]1C=CC=C1. The van der Waals surface area contributed by atoms with Crippen molar-refractivity contribution >= 4 is 27.5 Å². The number of hydrogen-bond acceptors (Lipinski definition) is 1. The highest BCUT2D eigenvalue weighted by molar-refractivity contribution is 8.23. The first kappa shape index (κ1) is 12.2. The molecule has 0 fully saturated rings. The van der Waals surface area contributed by atoms with Crippen LogP contribution in [0, 0.1) is 0 Å². The molecule has 0 bridgehead atoms. The molecule has 1 aliphatic heterocycles. The van der Waals surface area contributed by atoms with Gasteiger partial charge in [0.05, 0.1) is 5.25 Å². The van der Waals surface area contributed by atoms with E-state index >= 15 is 0 Å². The largest absolute Gasteiger partial charge is 0.298 e. The summed E-state index contributed by atoms with van der Waals surface area (Å²) in [7, 11) is -0.508. The highest BCUT2D eigenvalue weighted by atomic mass is 32.2. The van der Waals surface area contributed by atoms with E-state index in [0.717, 1.165) is 5.56 Å². The van der Waals surface area contributed by atoms with Crippen LogP contribution in [0.1, 0.15) is 17.7 Å². The molecule has 2 aromatic rings. The van der Waals surface area contributed by atoms with E-state index < -0.39 is 10.9 Å². The Bertz CT molecular complexity index is 667. The fraction of sp³-hybridized carbons (Fsp3) is 0.118. The average molecular weight is 268 g/mol. The van der Waals surface area contributed by atoms with Gasteiger partial charge in [-0.2, -0.15) is 10.9 Å². The molecule has 3 rings (SSSR count). The number of Topliss-reactive ketones (excluding diaryl/α,β-unsaturated/α-hetero) is 1. The van der Waals surface area contributed by atoms with Crippen molar-refractivity contribution in [1.29, 1.82) is 0 Å². The molecule has 0 amide bonds. The van der Waals surface area contributed by atoms with Crippen LogP contribution in [-0.2, 0) is 4.79 Å². The van der Waals surface area contributed by atoms with E-state index in [-0.39, 0.29) is 11.0 Å². The molecule has 0 aromatic heterocycles. The van der Waals surface area contributed by atoms with E-state index in [2.05, 4.69) is 35.1 Å². The van der Waals surface area contributed by atoms with Gasteiger partial charge in [0.2, 0.25) is 0 Å². The summed E-state index contributed by atoms with van der Waals surface area (Å²) in [6, 6.07) is 14.5. The van der Waals surface area contributed by atoms with Crippen molar-refractivity contribution in [3.8, 4) is 0 Å². The van der Waals surface area contributed by atoms with Crippen LogP contribution in [-0.4, -0.2) is 5.78 Å². The monoisotopic (exact) mass is 268 g/mol. The highest BCUT2D eigenvalue weighted by Gasteiger charge is 2.23. The van der Waals surface area contributed by atoms with E-state index in [4.69, 9.17) is 0 Å². The molecular formula is C17H16OS. The predicted molar refractivity (Wildman–Crippen MR) is 84.6 cm³/mol. The van der Waals surface area contributed by atoms with Crippen molar-refractivity contribution in [1.82, 2.24) is 0 Å². The minimum Gasteiger partial charge on any atom is -0.298 e. The number of carbonyl (C=O) groups excluding carboxylic acids is 1. The molecule has 1 unspecified atom stereocenters. The van der Waals surface area contributed by atoms with E-state index in [0.29, 0.717) is 0 Å². The molecule has 2 aromatic carbocycles. The second kappa shape index (κ2) is 5.06. The zero-order chi connectivity index (χ0) is 13.2. The quantitative estimate of drug-likeness (QED) is 0.810. The molecule has 0 saturated heterocycles. The lowest BCUT2D eigenvalue weighted by atomic mass is 10.0. The van der Waals surface area contributed by atoms with Gasteiger partial charge in [-0.25, -0.2) is 0 Å². The van der Waals surface area contributed by atoms with Gasteiger partial charge >= 0.3 is 0 Å². The van der Waals surface area contributed by atoms with Gasteiger partial charge in [-0.3, -0.25) is 4.79 Å². The van der Waals surface area contributed by atoms with Crippen molar-refractivity contribution in [3.63, 3.8) is 0 Å². The third-order valence-corrected chi connectivity index (χ3v) is 5.70. The van der Waals surface area contributed by atoms with Gasteiger partial charge in [0, 0.05) is 0 Å². The number of hydrogen-bond donors (Lipinski definition) is 1. The van der Waals surface area contributed by atoms with Gasteiger partial charge in [-0.05, 0) is 34.1 Å². The number of fused-ring (bicyclic) bond motifs is 1. The van der Waals surface area contributed by atoms with Crippen LogP contribution < -0.4 is 0 Å². The fourth-order valence-corrected chi connectivity index (χ4v) is 4.60. The van der Waals surface area contributed by atoms with Gasteiger partial charge < -0.3 is 0 Å². The van der Waals surface area contributed by atoms with Gasteiger partial charge in [0.25, 0.3) is 0 Å². The summed E-state index contributed by atoms with van der Waals surface area (Å²) < 4.78 is 0. The van der Waals surface area contributed by atoms with E-state index in [1.165, 1.54) is 10.8 Å². The molecule has 1 atom stereocenters. The Labute approximate surface area is 116 Å². The maximum Gasteiger partial charge on any atom is 0.146 e. The molecule has 0 aliphatic carbocycles. The lowest BCUT2D eigenvalue weighted by Crippen LogP contribution is -2.08. The van der Waals surface area contributed by atoms with E-state index in [1.54, 1.807) is 6.92 Å². The molecule has 0 N–H and O–H groups in total. The summed E-state index contributed by atoms with van der Waals surface area (Å²) in [5.41, 5.74) is 1.16. The topological polar surface area (TPSA) is 17.1 Å². The van der Waals surface area contributed by atoms with Gasteiger partial charge in [0.1, 0.15) is 5.78 Å². The Morgan fingerprint density at radius 2 is 1.68 bits per heavy atom. The second-order valence-corrected chi connectivity index (χ2v) is 6.72. The number of allylic oxidation sites excluding steroid dienone is 2. The molecule has 0 saturated carbocycles. The number of carbonyl (C=O) groups is 1. The first-order chi connectivity index (χ1) is 9.27. The summed E-state index contributed by atoms with van der Waals surface area (Å²) >= 11 is 0. The standard InChI is InChI=1S/C17H16OS/c1-13(18)17(19-11-4-5-12-19)16-10-6-8-14-7-2-3-9-15(14)16/h2-12,17,19H,1H3. The number of ketones is 1. The second-order valence-electron chi connectivity index (χ2n) is 4.71. The normalized spacial score (nSPS) is 17.0. The maximum atomic E-state index is 12.1.